The van der Waals surface area contributed by atoms with Crippen molar-refractivity contribution in [1.29, 1.82) is 0 Å². The van der Waals surface area contributed by atoms with Crippen molar-refractivity contribution in [3.05, 3.63) is 0 Å². The van der Waals surface area contributed by atoms with E-state index in [0.29, 0.717) is 6.54 Å². The van der Waals surface area contributed by atoms with E-state index in [1.807, 2.05) is 0 Å². The van der Waals surface area contributed by atoms with Crippen LogP contribution in [0.3, 0.4) is 0 Å². The van der Waals surface area contributed by atoms with E-state index in [-0.39, 0.29) is 0 Å². The highest BCUT2D eigenvalue weighted by Crippen LogP contribution is 2.16. The van der Waals surface area contributed by atoms with E-state index in [4.69, 9.17) is 5.73 Å². The SMILES string of the molecule is CN1CCCCC1CCNCCNC(N)=O. The fourth-order valence-electron chi connectivity index (χ4n) is 2.18. The molecule has 2 amide bonds. The summed E-state index contributed by atoms with van der Waals surface area (Å²) in [6, 6.07) is 0.277. The highest BCUT2D eigenvalue weighted by Gasteiger charge is 2.17. The molecule has 1 unspecified atom stereocenters. The lowest BCUT2D eigenvalue weighted by Crippen LogP contribution is -2.39. The Balaban J connectivity index is 1.95. The van der Waals surface area contributed by atoms with Crippen LogP contribution in [-0.4, -0.2) is 50.2 Å². The average molecular weight is 228 g/mol. The van der Waals surface area contributed by atoms with Crippen LogP contribution in [0.4, 0.5) is 4.79 Å². The minimum absolute atomic E-state index is 0.450. The molecule has 0 aromatic rings. The number of primary amides is 1. The number of amides is 2. The Kier molecular flexibility index (Phi) is 6.18. The second-order valence-electron chi connectivity index (χ2n) is 4.46. The van der Waals surface area contributed by atoms with Crippen LogP contribution in [0, 0.1) is 0 Å². The quantitative estimate of drug-likeness (QED) is 0.565. The largest absolute Gasteiger partial charge is 0.352 e. The van der Waals surface area contributed by atoms with Gasteiger partial charge in [0.1, 0.15) is 0 Å². The van der Waals surface area contributed by atoms with Crippen LogP contribution in [0.5, 0.6) is 0 Å². The number of urea groups is 1. The number of hydrogen-bond donors (Lipinski definition) is 3. The van der Waals surface area contributed by atoms with E-state index in [1.165, 1.54) is 32.2 Å². The summed E-state index contributed by atoms with van der Waals surface area (Å²) in [4.78, 5) is 12.9. The molecule has 0 aliphatic carbocycles. The molecule has 1 rings (SSSR count). The Bertz CT molecular complexity index is 210. The zero-order valence-electron chi connectivity index (χ0n) is 10.2. The Hall–Kier alpha value is -0.810. The normalized spacial score (nSPS) is 21.9. The van der Waals surface area contributed by atoms with Crippen molar-refractivity contribution < 1.29 is 4.79 Å². The fourth-order valence-corrected chi connectivity index (χ4v) is 2.18. The maximum absolute atomic E-state index is 10.4. The zero-order chi connectivity index (χ0) is 11.8. The lowest BCUT2D eigenvalue weighted by atomic mass is 10.0. The Morgan fingerprint density at radius 2 is 2.19 bits per heavy atom. The number of piperidine rings is 1. The van der Waals surface area contributed by atoms with Crippen LogP contribution in [0.25, 0.3) is 0 Å². The van der Waals surface area contributed by atoms with Crippen molar-refractivity contribution in [1.82, 2.24) is 15.5 Å². The maximum Gasteiger partial charge on any atom is 0.312 e. The van der Waals surface area contributed by atoms with Gasteiger partial charge in [-0.2, -0.15) is 0 Å². The minimum atomic E-state index is -0.450. The fraction of sp³-hybridized carbons (Fsp3) is 0.909. The molecule has 0 aromatic carbocycles. The third-order valence-corrected chi connectivity index (χ3v) is 3.18. The Labute approximate surface area is 97.7 Å². The molecule has 4 N–H and O–H groups in total. The first-order chi connectivity index (χ1) is 7.70. The van der Waals surface area contributed by atoms with Gasteiger partial charge >= 0.3 is 6.03 Å². The van der Waals surface area contributed by atoms with Crippen LogP contribution >= 0.6 is 0 Å². The molecule has 1 atom stereocenters. The number of likely N-dealkylation sites (tertiary alicyclic amines) is 1. The summed E-state index contributed by atoms with van der Waals surface area (Å²) in [5, 5.41) is 5.87. The summed E-state index contributed by atoms with van der Waals surface area (Å²) >= 11 is 0. The average Bonchev–Trinajstić information content (AvgIpc) is 2.25. The van der Waals surface area contributed by atoms with E-state index in [9.17, 15) is 4.79 Å². The number of nitrogens with zero attached hydrogens (tertiary/aromatic N) is 1. The van der Waals surface area contributed by atoms with Gasteiger partial charge in [0, 0.05) is 19.1 Å². The van der Waals surface area contributed by atoms with Crippen molar-refractivity contribution in [2.45, 2.75) is 31.7 Å². The number of carbonyl (C=O) groups is 1. The van der Waals surface area contributed by atoms with Gasteiger partial charge in [-0.15, -0.1) is 0 Å². The number of nitrogens with two attached hydrogens (primary N) is 1. The van der Waals surface area contributed by atoms with E-state index < -0.39 is 6.03 Å². The van der Waals surface area contributed by atoms with Gasteiger partial charge < -0.3 is 21.3 Å². The summed E-state index contributed by atoms with van der Waals surface area (Å²) in [5.41, 5.74) is 4.96. The molecule has 16 heavy (non-hydrogen) atoms. The number of carbonyl (C=O) groups excluding carboxylic acids is 1. The lowest BCUT2D eigenvalue weighted by molar-refractivity contribution is 0.175. The zero-order valence-corrected chi connectivity index (χ0v) is 10.2. The van der Waals surface area contributed by atoms with Gasteiger partial charge in [-0.1, -0.05) is 6.42 Å². The molecule has 0 saturated carbocycles. The highest BCUT2D eigenvalue weighted by molar-refractivity contribution is 5.71. The van der Waals surface area contributed by atoms with Gasteiger partial charge in [0.05, 0.1) is 0 Å². The van der Waals surface area contributed by atoms with E-state index in [2.05, 4.69) is 22.6 Å². The Morgan fingerprint density at radius 3 is 2.88 bits per heavy atom. The lowest BCUT2D eigenvalue weighted by Gasteiger charge is -2.32. The first kappa shape index (κ1) is 13.3. The number of rotatable bonds is 6. The number of nitrogens with one attached hydrogen (secondary N) is 2. The van der Waals surface area contributed by atoms with Crippen LogP contribution < -0.4 is 16.4 Å². The molecule has 0 spiro atoms. The number of hydrogen-bond acceptors (Lipinski definition) is 3. The monoisotopic (exact) mass is 228 g/mol. The summed E-state index contributed by atoms with van der Waals surface area (Å²) in [6.07, 6.45) is 5.20. The molecule has 5 nitrogen and oxygen atoms in total. The predicted octanol–water partition coefficient (Wildman–Crippen LogP) is 0.119. The maximum atomic E-state index is 10.4. The Morgan fingerprint density at radius 1 is 1.38 bits per heavy atom. The summed E-state index contributed by atoms with van der Waals surface area (Å²) in [6.45, 7) is 3.64. The van der Waals surface area contributed by atoms with E-state index in [0.717, 1.165) is 19.1 Å². The van der Waals surface area contributed by atoms with Crippen molar-refractivity contribution in [3.63, 3.8) is 0 Å². The molecule has 0 radical (unpaired) electrons. The molecule has 94 valence electrons. The summed E-state index contributed by atoms with van der Waals surface area (Å²) in [7, 11) is 2.21. The van der Waals surface area contributed by atoms with Gasteiger partial charge in [0.2, 0.25) is 0 Å². The topological polar surface area (TPSA) is 70.4 Å². The molecule has 0 bridgehead atoms. The predicted molar refractivity (Wildman–Crippen MR) is 65.3 cm³/mol. The third kappa shape index (κ3) is 5.32. The molecule has 0 aromatic heterocycles. The van der Waals surface area contributed by atoms with Gasteiger partial charge in [-0.05, 0) is 39.4 Å². The molecule has 1 aliphatic heterocycles. The van der Waals surface area contributed by atoms with Crippen LogP contribution in [0.2, 0.25) is 0 Å². The van der Waals surface area contributed by atoms with Gasteiger partial charge in [0.15, 0.2) is 0 Å². The highest BCUT2D eigenvalue weighted by atomic mass is 16.2. The van der Waals surface area contributed by atoms with Gasteiger partial charge in [-0.3, -0.25) is 0 Å². The summed E-state index contributed by atoms with van der Waals surface area (Å²) in [5.74, 6) is 0. The van der Waals surface area contributed by atoms with Crippen LogP contribution in [0.1, 0.15) is 25.7 Å². The third-order valence-electron chi connectivity index (χ3n) is 3.18. The second kappa shape index (κ2) is 7.46. The molecular formula is C11H24N4O. The van der Waals surface area contributed by atoms with E-state index in [1.54, 1.807) is 0 Å². The first-order valence-electron chi connectivity index (χ1n) is 6.14. The van der Waals surface area contributed by atoms with Crippen molar-refractivity contribution in [3.8, 4) is 0 Å². The van der Waals surface area contributed by atoms with Crippen molar-refractivity contribution in [2.75, 3.05) is 33.2 Å². The van der Waals surface area contributed by atoms with Crippen LogP contribution in [-0.2, 0) is 0 Å². The minimum Gasteiger partial charge on any atom is -0.352 e. The molecule has 1 saturated heterocycles. The summed E-state index contributed by atoms with van der Waals surface area (Å²) < 4.78 is 0. The van der Waals surface area contributed by atoms with Crippen LogP contribution in [0.15, 0.2) is 0 Å². The van der Waals surface area contributed by atoms with E-state index >= 15 is 0 Å². The molecule has 5 heteroatoms. The standard InChI is InChI=1S/C11H24N4O/c1-15-9-3-2-4-10(15)5-6-13-7-8-14-11(12)16/h10,13H,2-9H2,1H3,(H3,12,14,16). The smallest absolute Gasteiger partial charge is 0.312 e. The van der Waals surface area contributed by atoms with Crippen molar-refractivity contribution in [2.24, 2.45) is 5.73 Å². The first-order valence-corrected chi connectivity index (χ1v) is 6.14. The van der Waals surface area contributed by atoms with Crippen molar-refractivity contribution >= 4 is 6.03 Å². The molecule has 1 fully saturated rings. The van der Waals surface area contributed by atoms with Gasteiger partial charge in [0.25, 0.3) is 0 Å². The second-order valence-corrected chi connectivity index (χ2v) is 4.46. The molecule has 1 aliphatic rings. The molecule has 1 heterocycles. The molecular weight excluding hydrogens is 204 g/mol. The van der Waals surface area contributed by atoms with Gasteiger partial charge in [-0.25, -0.2) is 4.79 Å².